The maximum absolute atomic E-state index is 10.7. The summed E-state index contributed by atoms with van der Waals surface area (Å²) in [5.41, 5.74) is 0.464. The fourth-order valence-electron chi connectivity index (χ4n) is 0.822. The second kappa shape index (κ2) is 2.33. The van der Waals surface area contributed by atoms with Crippen LogP contribution in [0, 0.1) is 0 Å². The van der Waals surface area contributed by atoms with Crippen LogP contribution in [0.5, 0.6) is 0 Å². The number of ether oxygens (including phenoxy) is 1. The first-order valence-electron chi connectivity index (χ1n) is 3.18. The summed E-state index contributed by atoms with van der Waals surface area (Å²) in [5, 5.41) is 0. The van der Waals surface area contributed by atoms with Crippen LogP contribution in [0.4, 0.5) is 4.79 Å². The second-order valence-electron chi connectivity index (χ2n) is 2.07. The third-order valence-electron chi connectivity index (χ3n) is 1.33. The minimum Gasteiger partial charge on any atom is -0.467 e. The Morgan fingerprint density at radius 3 is 2.92 bits per heavy atom. The van der Waals surface area contributed by atoms with Crippen LogP contribution in [0.2, 0.25) is 0 Å². The summed E-state index contributed by atoms with van der Waals surface area (Å²) in [6, 6.07) is -0.366. The molecule has 0 aromatic heterocycles. The van der Waals surface area contributed by atoms with E-state index in [0.29, 0.717) is 5.71 Å². The SMILES string of the molecule is COC1=NC2=NC(=O)N=CC2=N1. The highest BCUT2D eigenvalue weighted by Gasteiger charge is 2.21. The van der Waals surface area contributed by atoms with E-state index in [9.17, 15) is 4.79 Å². The molecule has 0 saturated carbocycles. The highest BCUT2D eigenvalue weighted by Crippen LogP contribution is 2.04. The summed E-state index contributed by atoms with van der Waals surface area (Å²) in [6.07, 6.45) is 1.32. The average Bonchev–Trinajstić information content (AvgIpc) is 2.46. The molecule has 60 valence electrons. The molecule has 0 spiro atoms. The van der Waals surface area contributed by atoms with E-state index in [0.717, 1.165) is 0 Å². The molecule has 0 bridgehead atoms. The zero-order valence-corrected chi connectivity index (χ0v) is 6.18. The van der Waals surface area contributed by atoms with Gasteiger partial charge in [-0.3, -0.25) is 0 Å². The molecule has 0 saturated heterocycles. The number of rotatable bonds is 0. The van der Waals surface area contributed by atoms with Gasteiger partial charge in [0.25, 0.3) is 0 Å². The lowest BCUT2D eigenvalue weighted by Crippen LogP contribution is -2.16. The lowest BCUT2D eigenvalue weighted by atomic mass is 10.3. The third kappa shape index (κ3) is 0.931. The Balaban J connectivity index is 2.41. The number of aliphatic imine (C=N–C) groups is 4. The first kappa shape index (κ1) is 6.84. The Labute approximate surface area is 67.4 Å². The molecular weight excluding hydrogens is 160 g/mol. The number of nitrogens with zero attached hydrogens (tertiary/aromatic N) is 4. The van der Waals surface area contributed by atoms with E-state index in [-0.39, 0.29) is 11.9 Å². The van der Waals surface area contributed by atoms with Crippen molar-refractivity contribution in [2.45, 2.75) is 0 Å². The van der Waals surface area contributed by atoms with Gasteiger partial charge in [0.2, 0.25) is 0 Å². The summed E-state index contributed by atoms with van der Waals surface area (Å²) in [7, 11) is 1.44. The van der Waals surface area contributed by atoms with Crippen molar-refractivity contribution >= 4 is 29.8 Å². The number of amides is 2. The number of hydrogen-bond acceptors (Lipinski definition) is 4. The van der Waals surface area contributed by atoms with Gasteiger partial charge in [0.1, 0.15) is 5.71 Å². The van der Waals surface area contributed by atoms with Gasteiger partial charge >= 0.3 is 12.1 Å². The fourth-order valence-corrected chi connectivity index (χ4v) is 0.822. The number of methoxy groups -OCH3 is 1. The molecule has 6 heteroatoms. The average molecular weight is 164 g/mol. The van der Waals surface area contributed by atoms with Crippen molar-refractivity contribution in [1.82, 2.24) is 0 Å². The highest BCUT2D eigenvalue weighted by molar-refractivity contribution is 6.67. The Bertz CT molecular complexity index is 364. The molecule has 2 rings (SSSR count). The Kier molecular flexibility index (Phi) is 1.33. The number of urea groups is 1. The molecule has 2 heterocycles. The first-order valence-corrected chi connectivity index (χ1v) is 3.18. The van der Waals surface area contributed by atoms with Gasteiger partial charge in [-0.15, -0.1) is 0 Å². The predicted octanol–water partition coefficient (Wildman–Crippen LogP) is 0.0463. The summed E-state index contributed by atoms with van der Waals surface area (Å²) < 4.78 is 4.75. The van der Waals surface area contributed by atoms with E-state index in [1.165, 1.54) is 13.3 Å². The van der Waals surface area contributed by atoms with Gasteiger partial charge in [-0.2, -0.15) is 20.0 Å². The maximum atomic E-state index is 10.7. The summed E-state index contributed by atoms with van der Waals surface area (Å²) in [5.74, 6) is 0.270. The Morgan fingerprint density at radius 1 is 1.33 bits per heavy atom. The van der Waals surface area contributed by atoms with Crippen LogP contribution >= 0.6 is 0 Å². The number of fused-ring (bicyclic) bond motifs is 1. The quantitative estimate of drug-likeness (QED) is 0.507. The number of carbonyl (C=O) groups excluding carboxylic acids is 1. The molecule has 0 fully saturated rings. The lowest BCUT2D eigenvalue weighted by Gasteiger charge is -1.95. The van der Waals surface area contributed by atoms with Gasteiger partial charge in [-0.25, -0.2) is 4.79 Å². The summed E-state index contributed by atoms with van der Waals surface area (Å²) in [4.78, 5) is 25.3. The molecule has 2 amide bonds. The van der Waals surface area contributed by atoms with Crippen LogP contribution in [0.1, 0.15) is 0 Å². The van der Waals surface area contributed by atoms with Crippen LogP contribution < -0.4 is 0 Å². The second-order valence-corrected chi connectivity index (χ2v) is 2.07. The van der Waals surface area contributed by atoms with Gasteiger partial charge < -0.3 is 4.74 Å². The van der Waals surface area contributed by atoms with Gasteiger partial charge in [0.15, 0.2) is 5.84 Å². The van der Waals surface area contributed by atoms with Gasteiger partial charge in [-0.05, 0) is 0 Å². The van der Waals surface area contributed by atoms with Gasteiger partial charge in [0, 0.05) is 0 Å². The number of hydrogen-bond donors (Lipinski definition) is 0. The topological polar surface area (TPSA) is 75.7 Å². The van der Waals surface area contributed by atoms with E-state index in [2.05, 4.69) is 20.0 Å². The number of amidine groups is 2. The minimum absolute atomic E-state index is 0.199. The first-order chi connectivity index (χ1) is 5.79. The zero-order chi connectivity index (χ0) is 8.55. The van der Waals surface area contributed by atoms with E-state index >= 15 is 0 Å². The van der Waals surface area contributed by atoms with Crippen molar-refractivity contribution in [2.24, 2.45) is 20.0 Å². The van der Waals surface area contributed by atoms with E-state index < -0.39 is 6.03 Å². The molecule has 0 N–H and O–H groups in total. The van der Waals surface area contributed by atoms with Crippen LogP contribution in [0.15, 0.2) is 20.0 Å². The molecule has 2 aliphatic heterocycles. The van der Waals surface area contributed by atoms with E-state index in [4.69, 9.17) is 4.74 Å². The molecular formula is C6H4N4O2. The molecule has 6 nitrogen and oxygen atoms in total. The summed E-state index contributed by atoms with van der Waals surface area (Å²) >= 11 is 0. The van der Waals surface area contributed by atoms with Crippen molar-refractivity contribution in [3.8, 4) is 0 Å². The summed E-state index contributed by atoms with van der Waals surface area (Å²) in [6.45, 7) is 0. The van der Waals surface area contributed by atoms with Crippen molar-refractivity contribution < 1.29 is 9.53 Å². The smallest absolute Gasteiger partial charge is 0.369 e. The lowest BCUT2D eigenvalue weighted by molar-refractivity contribution is 0.257. The fraction of sp³-hybridized carbons (Fsp3) is 0.167. The van der Waals surface area contributed by atoms with Crippen LogP contribution in [0.3, 0.4) is 0 Å². The maximum Gasteiger partial charge on any atom is 0.369 e. The molecule has 0 aromatic carbocycles. The van der Waals surface area contributed by atoms with Gasteiger partial charge in [0.05, 0.1) is 13.3 Å². The van der Waals surface area contributed by atoms with Crippen molar-refractivity contribution in [1.29, 1.82) is 0 Å². The molecule has 12 heavy (non-hydrogen) atoms. The van der Waals surface area contributed by atoms with Crippen LogP contribution in [-0.4, -0.2) is 36.9 Å². The highest BCUT2D eigenvalue weighted by atomic mass is 16.5. The molecule has 0 radical (unpaired) electrons. The van der Waals surface area contributed by atoms with E-state index in [1.54, 1.807) is 0 Å². The monoisotopic (exact) mass is 164 g/mol. The van der Waals surface area contributed by atoms with Crippen LogP contribution in [-0.2, 0) is 4.74 Å². The molecule has 0 unspecified atom stereocenters. The standard InChI is InChI=1S/C6H4N4O2/c1-12-6-8-3-2-7-5(11)9-4(3)10-6/h2H,1H3. The minimum atomic E-state index is -0.565. The molecule has 2 aliphatic rings. The van der Waals surface area contributed by atoms with Crippen molar-refractivity contribution in [3.05, 3.63) is 0 Å². The molecule has 0 aromatic rings. The predicted molar refractivity (Wildman–Crippen MR) is 43.2 cm³/mol. The molecule has 0 aliphatic carbocycles. The Morgan fingerprint density at radius 2 is 2.17 bits per heavy atom. The number of carbonyl (C=O) groups is 1. The van der Waals surface area contributed by atoms with Crippen molar-refractivity contribution in [3.63, 3.8) is 0 Å². The van der Waals surface area contributed by atoms with Crippen molar-refractivity contribution in [2.75, 3.05) is 7.11 Å². The molecule has 0 atom stereocenters. The van der Waals surface area contributed by atoms with E-state index in [1.807, 2.05) is 0 Å². The van der Waals surface area contributed by atoms with Gasteiger partial charge in [-0.1, -0.05) is 0 Å². The third-order valence-corrected chi connectivity index (χ3v) is 1.33. The largest absolute Gasteiger partial charge is 0.467 e. The normalized spacial score (nSPS) is 19.8. The zero-order valence-electron chi connectivity index (χ0n) is 6.18. The Hall–Kier alpha value is -1.85. The van der Waals surface area contributed by atoms with Crippen LogP contribution in [0.25, 0.3) is 0 Å².